The third-order valence-electron chi connectivity index (χ3n) is 4.52. The van der Waals surface area contributed by atoms with Crippen LogP contribution in [0.25, 0.3) is 0 Å². The second-order valence-corrected chi connectivity index (χ2v) is 8.13. The van der Waals surface area contributed by atoms with E-state index in [1.807, 2.05) is 20.8 Å². The number of hydrogen-bond acceptors (Lipinski definition) is 4. The van der Waals surface area contributed by atoms with Crippen LogP contribution < -0.4 is 10.5 Å². The van der Waals surface area contributed by atoms with Crippen LogP contribution in [0.2, 0.25) is 0 Å². The average molecular weight is 326 g/mol. The molecule has 1 aromatic carbocycles. The van der Waals surface area contributed by atoms with Crippen LogP contribution in [0.1, 0.15) is 30.9 Å². The fraction of sp³-hybridized carbons (Fsp3) is 0.625. The Morgan fingerprint density at radius 1 is 1.23 bits per heavy atom. The van der Waals surface area contributed by atoms with E-state index in [1.165, 1.54) is 0 Å². The Labute approximate surface area is 133 Å². The molecule has 1 saturated heterocycles. The second kappa shape index (κ2) is 6.56. The van der Waals surface area contributed by atoms with Gasteiger partial charge in [0.1, 0.15) is 5.75 Å². The van der Waals surface area contributed by atoms with Crippen LogP contribution in [0.3, 0.4) is 0 Å². The second-order valence-electron chi connectivity index (χ2n) is 6.19. The van der Waals surface area contributed by atoms with E-state index in [4.69, 9.17) is 10.5 Å². The summed E-state index contributed by atoms with van der Waals surface area (Å²) < 4.78 is 32.5. The first-order valence-corrected chi connectivity index (χ1v) is 9.12. The van der Waals surface area contributed by atoms with Gasteiger partial charge in [0, 0.05) is 19.1 Å². The molecule has 1 fully saturated rings. The Bertz CT molecular complexity index is 610. The monoisotopic (exact) mass is 326 g/mol. The van der Waals surface area contributed by atoms with Crippen LogP contribution in [0.5, 0.6) is 5.75 Å². The number of sulfonamides is 1. The topological polar surface area (TPSA) is 72.6 Å². The predicted molar refractivity (Wildman–Crippen MR) is 87.6 cm³/mol. The van der Waals surface area contributed by atoms with Crippen molar-refractivity contribution in [1.82, 2.24) is 4.31 Å². The molecule has 1 unspecified atom stereocenters. The molecule has 124 valence electrons. The minimum absolute atomic E-state index is 0.121. The molecule has 1 aliphatic heterocycles. The molecule has 0 bridgehead atoms. The van der Waals surface area contributed by atoms with Gasteiger partial charge < -0.3 is 10.5 Å². The number of hydrogen-bond donors (Lipinski definition) is 1. The van der Waals surface area contributed by atoms with E-state index in [2.05, 4.69) is 0 Å². The zero-order valence-corrected chi connectivity index (χ0v) is 14.6. The van der Waals surface area contributed by atoms with Crippen LogP contribution in [0.15, 0.2) is 17.0 Å². The lowest BCUT2D eigenvalue weighted by Gasteiger charge is -2.33. The summed E-state index contributed by atoms with van der Waals surface area (Å²) in [5, 5.41) is 0. The normalized spacial score (nSPS) is 19.1. The van der Waals surface area contributed by atoms with Gasteiger partial charge in [-0.15, -0.1) is 0 Å². The van der Waals surface area contributed by atoms with Gasteiger partial charge in [0.15, 0.2) is 0 Å². The van der Waals surface area contributed by atoms with Crippen molar-refractivity contribution in [1.29, 1.82) is 0 Å². The molecule has 0 aromatic heterocycles. The lowest BCUT2D eigenvalue weighted by atomic mass is 9.92. The molecule has 6 heteroatoms. The molecule has 0 aliphatic carbocycles. The Hall–Kier alpha value is -1.11. The maximum atomic E-state index is 12.8. The van der Waals surface area contributed by atoms with E-state index in [0.717, 1.165) is 29.7 Å². The lowest BCUT2D eigenvalue weighted by Crippen LogP contribution is -2.42. The molecular weight excluding hydrogens is 300 g/mol. The summed E-state index contributed by atoms with van der Waals surface area (Å²) in [7, 11) is -1.84. The molecule has 1 heterocycles. The van der Waals surface area contributed by atoms with Gasteiger partial charge in [-0.3, -0.25) is 0 Å². The molecule has 2 rings (SSSR count). The molecular formula is C16H26N2O3S. The predicted octanol–water partition coefficient (Wildman–Crippen LogP) is 2.06. The summed E-state index contributed by atoms with van der Waals surface area (Å²) in [4.78, 5) is 0.350. The summed E-state index contributed by atoms with van der Waals surface area (Å²) in [5.41, 5.74) is 7.60. The molecule has 0 radical (unpaired) electrons. The molecule has 1 aromatic rings. The maximum absolute atomic E-state index is 12.8. The van der Waals surface area contributed by atoms with Gasteiger partial charge in [-0.05, 0) is 62.8 Å². The van der Waals surface area contributed by atoms with Gasteiger partial charge in [-0.2, -0.15) is 4.31 Å². The summed E-state index contributed by atoms with van der Waals surface area (Å²) in [6, 6.07) is 3.51. The quantitative estimate of drug-likeness (QED) is 0.919. The zero-order chi connectivity index (χ0) is 16.5. The van der Waals surface area contributed by atoms with Crippen molar-refractivity contribution < 1.29 is 13.2 Å². The summed E-state index contributed by atoms with van der Waals surface area (Å²) >= 11 is 0. The van der Waals surface area contributed by atoms with Gasteiger partial charge in [0.05, 0.1) is 12.0 Å². The first-order valence-electron chi connectivity index (χ1n) is 7.68. The summed E-state index contributed by atoms with van der Waals surface area (Å²) in [6.45, 7) is 6.81. The summed E-state index contributed by atoms with van der Waals surface area (Å²) in [6.07, 6.45) is 1.65. The fourth-order valence-corrected chi connectivity index (χ4v) is 4.81. The minimum Gasteiger partial charge on any atom is -0.496 e. The van der Waals surface area contributed by atoms with Crippen LogP contribution >= 0.6 is 0 Å². The number of benzene rings is 1. The Balaban J connectivity index is 2.25. The smallest absolute Gasteiger partial charge is 0.243 e. The highest BCUT2D eigenvalue weighted by molar-refractivity contribution is 7.89. The van der Waals surface area contributed by atoms with E-state index in [0.29, 0.717) is 23.9 Å². The zero-order valence-electron chi connectivity index (χ0n) is 13.8. The Kier molecular flexibility index (Phi) is 5.14. The highest BCUT2D eigenvalue weighted by atomic mass is 32.2. The number of rotatable bonds is 4. The Morgan fingerprint density at radius 3 is 2.14 bits per heavy atom. The third kappa shape index (κ3) is 3.29. The van der Waals surface area contributed by atoms with Crippen molar-refractivity contribution in [2.45, 2.75) is 44.6 Å². The highest BCUT2D eigenvalue weighted by Gasteiger charge is 2.31. The molecule has 5 nitrogen and oxygen atoms in total. The van der Waals surface area contributed by atoms with E-state index >= 15 is 0 Å². The van der Waals surface area contributed by atoms with Gasteiger partial charge in [-0.25, -0.2) is 8.42 Å². The van der Waals surface area contributed by atoms with Gasteiger partial charge >= 0.3 is 0 Å². The van der Waals surface area contributed by atoms with Crippen LogP contribution in [0.4, 0.5) is 0 Å². The molecule has 1 atom stereocenters. The van der Waals surface area contributed by atoms with Crippen molar-refractivity contribution in [3.63, 3.8) is 0 Å². The third-order valence-corrected chi connectivity index (χ3v) is 6.39. The van der Waals surface area contributed by atoms with Gasteiger partial charge in [0.2, 0.25) is 10.0 Å². The molecule has 1 aliphatic rings. The number of ether oxygens (including phenoxy) is 1. The molecule has 0 amide bonds. The average Bonchev–Trinajstić information content (AvgIpc) is 2.47. The van der Waals surface area contributed by atoms with Crippen molar-refractivity contribution in [3.8, 4) is 5.75 Å². The minimum atomic E-state index is -3.44. The van der Waals surface area contributed by atoms with Crippen LogP contribution in [0, 0.1) is 19.8 Å². The van der Waals surface area contributed by atoms with Gasteiger partial charge in [0.25, 0.3) is 0 Å². The number of piperidine rings is 1. The van der Waals surface area contributed by atoms with Gasteiger partial charge in [-0.1, -0.05) is 0 Å². The first kappa shape index (κ1) is 17.2. The number of nitrogens with zero attached hydrogens (tertiary/aromatic N) is 1. The lowest BCUT2D eigenvalue weighted by molar-refractivity contribution is 0.250. The molecule has 0 spiro atoms. The standard InChI is InChI=1S/C16H26N2O3S/c1-11-9-15(10-12(2)16(11)21-4)22(19,20)18-7-5-14(6-8-18)13(3)17/h9-10,13-14H,5-8,17H2,1-4H3. The molecule has 22 heavy (non-hydrogen) atoms. The van der Waals surface area contributed by atoms with E-state index in [1.54, 1.807) is 23.5 Å². The first-order chi connectivity index (χ1) is 10.3. The fourth-order valence-electron chi connectivity index (χ4n) is 3.17. The molecule has 0 saturated carbocycles. The number of methoxy groups -OCH3 is 1. The SMILES string of the molecule is COc1c(C)cc(S(=O)(=O)N2CCC(C(C)N)CC2)cc1C. The van der Waals surface area contributed by atoms with Crippen molar-refractivity contribution in [3.05, 3.63) is 23.3 Å². The van der Waals surface area contributed by atoms with Crippen LogP contribution in [-0.2, 0) is 10.0 Å². The van der Waals surface area contributed by atoms with Crippen molar-refractivity contribution in [2.75, 3.05) is 20.2 Å². The maximum Gasteiger partial charge on any atom is 0.243 e. The van der Waals surface area contributed by atoms with Crippen molar-refractivity contribution in [2.24, 2.45) is 11.7 Å². The molecule has 2 N–H and O–H groups in total. The van der Waals surface area contributed by atoms with Crippen molar-refractivity contribution >= 4 is 10.0 Å². The van der Waals surface area contributed by atoms with Crippen LogP contribution in [-0.4, -0.2) is 39.0 Å². The number of aryl methyl sites for hydroxylation is 2. The van der Waals surface area contributed by atoms with E-state index in [-0.39, 0.29) is 6.04 Å². The Morgan fingerprint density at radius 2 is 1.73 bits per heavy atom. The largest absolute Gasteiger partial charge is 0.496 e. The highest BCUT2D eigenvalue weighted by Crippen LogP contribution is 2.30. The van der Waals surface area contributed by atoms with E-state index < -0.39 is 10.0 Å². The summed E-state index contributed by atoms with van der Waals surface area (Å²) in [5.74, 6) is 1.15. The van der Waals surface area contributed by atoms with E-state index in [9.17, 15) is 8.42 Å². The number of nitrogens with two attached hydrogens (primary N) is 1.